The molecule has 9 heteroatoms. The van der Waals surface area contributed by atoms with Crippen LogP contribution in [0.3, 0.4) is 0 Å². The third-order valence-corrected chi connectivity index (χ3v) is 6.73. The number of hydrogen-bond donors (Lipinski definition) is 1. The number of nitrogens with zero attached hydrogens (tertiary/aromatic N) is 2. The van der Waals surface area contributed by atoms with Crippen molar-refractivity contribution in [3.8, 4) is 0 Å². The number of morpholine rings is 1. The van der Waals surface area contributed by atoms with Crippen molar-refractivity contribution >= 4 is 21.8 Å². The van der Waals surface area contributed by atoms with E-state index < -0.39 is 22.0 Å². The maximum Gasteiger partial charge on any atom is 0.251 e. The van der Waals surface area contributed by atoms with E-state index in [9.17, 15) is 18.0 Å². The highest BCUT2D eigenvalue weighted by Gasteiger charge is 2.28. The summed E-state index contributed by atoms with van der Waals surface area (Å²) in [5, 5.41) is 2.66. The Morgan fingerprint density at radius 2 is 1.78 bits per heavy atom. The largest absolute Gasteiger partial charge is 0.378 e. The average Bonchev–Trinajstić information content (AvgIpc) is 3.24. The molecule has 148 valence electrons. The first kappa shape index (κ1) is 19.8. The number of carbonyl (C=O) groups excluding carboxylic acids is 2. The molecule has 2 fully saturated rings. The molecule has 2 amide bonds. The van der Waals surface area contributed by atoms with Crippen LogP contribution in [0.4, 0.5) is 0 Å². The van der Waals surface area contributed by atoms with Crippen LogP contribution in [-0.4, -0.2) is 74.9 Å². The minimum absolute atomic E-state index is 0.101. The average molecular weight is 395 g/mol. The van der Waals surface area contributed by atoms with E-state index in [1.54, 1.807) is 24.0 Å². The van der Waals surface area contributed by atoms with E-state index >= 15 is 0 Å². The van der Waals surface area contributed by atoms with E-state index in [-0.39, 0.29) is 16.4 Å². The van der Waals surface area contributed by atoms with E-state index in [0.717, 1.165) is 12.8 Å². The van der Waals surface area contributed by atoms with Crippen molar-refractivity contribution in [1.29, 1.82) is 0 Å². The van der Waals surface area contributed by atoms with Crippen LogP contribution in [0.1, 0.15) is 30.1 Å². The Bertz CT molecular complexity index is 799. The van der Waals surface area contributed by atoms with Gasteiger partial charge in [-0.25, -0.2) is 8.42 Å². The SMILES string of the molecule is CC(NC(=O)c1cccc(S(=O)(=O)N2CCCC2)c1)C(=O)N1CCOCC1. The molecule has 1 unspecified atom stereocenters. The standard InChI is InChI=1S/C18H25N3O5S/c1-14(18(23)20-9-11-26-12-10-20)19-17(22)15-5-4-6-16(13-15)27(24,25)21-7-2-3-8-21/h4-6,13-14H,2-3,7-12H2,1H3,(H,19,22). The summed E-state index contributed by atoms with van der Waals surface area (Å²) < 4.78 is 32.0. The molecule has 2 aliphatic heterocycles. The molecule has 1 aromatic rings. The van der Waals surface area contributed by atoms with Gasteiger partial charge in [-0.05, 0) is 38.0 Å². The van der Waals surface area contributed by atoms with Gasteiger partial charge in [0.05, 0.1) is 18.1 Å². The summed E-state index contributed by atoms with van der Waals surface area (Å²) in [5.41, 5.74) is 0.219. The minimum atomic E-state index is -3.59. The van der Waals surface area contributed by atoms with Crippen molar-refractivity contribution in [3.05, 3.63) is 29.8 Å². The van der Waals surface area contributed by atoms with E-state index in [1.165, 1.54) is 16.4 Å². The van der Waals surface area contributed by atoms with Crippen molar-refractivity contribution < 1.29 is 22.7 Å². The molecule has 1 aromatic carbocycles. The summed E-state index contributed by atoms with van der Waals surface area (Å²) >= 11 is 0. The van der Waals surface area contributed by atoms with Crippen LogP contribution >= 0.6 is 0 Å². The van der Waals surface area contributed by atoms with Crippen LogP contribution < -0.4 is 5.32 Å². The minimum Gasteiger partial charge on any atom is -0.378 e. The maximum atomic E-state index is 12.7. The van der Waals surface area contributed by atoms with Crippen molar-refractivity contribution in [1.82, 2.24) is 14.5 Å². The second kappa shape index (κ2) is 8.37. The molecule has 2 heterocycles. The Balaban J connectivity index is 1.69. The third kappa shape index (κ3) is 4.48. The molecule has 0 radical (unpaired) electrons. The summed E-state index contributed by atoms with van der Waals surface area (Å²) in [6.07, 6.45) is 1.70. The van der Waals surface area contributed by atoms with Crippen LogP contribution in [0, 0.1) is 0 Å². The lowest BCUT2D eigenvalue weighted by Crippen LogP contribution is -2.50. The van der Waals surface area contributed by atoms with Gasteiger partial charge in [0.1, 0.15) is 6.04 Å². The fraction of sp³-hybridized carbons (Fsp3) is 0.556. The van der Waals surface area contributed by atoms with E-state index in [2.05, 4.69) is 5.32 Å². The van der Waals surface area contributed by atoms with E-state index in [4.69, 9.17) is 4.74 Å². The maximum absolute atomic E-state index is 12.7. The van der Waals surface area contributed by atoms with Crippen molar-refractivity contribution in [3.63, 3.8) is 0 Å². The Morgan fingerprint density at radius 3 is 2.44 bits per heavy atom. The second-order valence-corrected chi connectivity index (χ2v) is 8.71. The quantitative estimate of drug-likeness (QED) is 0.781. The Morgan fingerprint density at radius 1 is 1.11 bits per heavy atom. The van der Waals surface area contributed by atoms with Gasteiger partial charge in [0.25, 0.3) is 5.91 Å². The first-order valence-corrected chi connectivity index (χ1v) is 10.6. The van der Waals surface area contributed by atoms with Crippen molar-refractivity contribution in [2.75, 3.05) is 39.4 Å². The zero-order chi connectivity index (χ0) is 19.4. The summed E-state index contributed by atoms with van der Waals surface area (Å²) in [5.74, 6) is -0.643. The molecule has 2 saturated heterocycles. The second-order valence-electron chi connectivity index (χ2n) is 6.77. The molecule has 3 rings (SSSR count). The van der Waals surface area contributed by atoms with Crippen LogP contribution in [0.25, 0.3) is 0 Å². The van der Waals surface area contributed by atoms with E-state index in [1.807, 2.05) is 0 Å². The molecule has 0 saturated carbocycles. The molecule has 0 spiro atoms. The lowest BCUT2D eigenvalue weighted by atomic mass is 10.2. The summed E-state index contributed by atoms with van der Waals surface area (Å²) in [6.45, 7) is 4.62. The van der Waals surface area contributed by atoms with Crippen LogP contribution in [0.5, 0.6) is 0 Å². The van der Waals surface area contributed by atoms with Crippen LogP contribution in [0.15, 0.2) is 29.2 Å². The van der Waals surface area contributed by atoms with Gasteiger partial charge in [0.15, 0.2) is 0 Å². The van der Waals surface area contributed by atoms with Gasteiger partial charge in [-0.2, -0.15) is 4.31 Å². The van der Waals surface area contributed by atoms with Gasteiger partial charge >= 0.3 is 0 Å². The molecular formula is C18H25N3O5S. The number of sulfonamides is 1. The smallest absolute Gasteiger partial charge is 0.251 e. The lowest BCUT2D eigenvalue weighted by molar-refractivity contribution is -0.136. The fourth-order valence-corrected chi connectivity index (χ4v) is 4.84. The molecule has 27 heavy (non-hydrogen) atoms. The van der Waals surface area contributed by atoms with E-state index in [0.29, 0.717) is 39.4 Å². The number of ether oxygens (including phenoxy) is 1. The van der Waals surface area contributed by atoms with Crippen molar-refractivity contribution in [2.45, 2.75) is 30.7 Å². The molecule has 1 N–H and O–H groups in total. The summed E-state index contributed by atoms with van der Waals surface area (Å²) in [6, 6.07) is 5.26. The Labute approximate surface area is 159 Å². The summed E-state index contributed by atoms with van der Waals surface area (Å²) in [4.78, 5) is 26.7. The van der Waals surface area contributed by atoms with Crippen LogP contribution in [-0.2, 0) is 19.6 Å². The molecule has 1 atom stereocenters. The number of hydrogen-bond acceptors (Lipinski definition) is 5. The highest BCUT2D eigenvalue weighted by atomic mass is 32.2. The third-order valence-electron chi connectivity index (χ3n) is 4.84. The van der Waals surface area contributed by atoms with Gasteiger partial charge in [0.2, 0.25) is 15.9 Å². The first-order chi connectivity index (χ1) is 12.9. The normalized spacial score (nSPS) is 19.7. The molecule has 0 aliphatic carbocycles. The first-order valence-electron chi connectivity index (χ1n) is 9.17. The highest BCUT2D eigenvalue weighted by Crippen LogP contribution is 2.21. The van der Waals surface area contributed by atoms with Gasteiger partial charge in [-0.3, -0.25) is 9.59 Å². The monoisotopic (exact) mass is 395 g/mol. The number of nitrogens with one attached hydrogen (secondary N) is 1. The van der Waals surface area contributed by atoms with Gasteiger partial charge in [-0.15, -0.1) is 0 Å². The Hall–Kier alpha value is -1.97. The highest BCUT2D eigenvalue weighted by molar-refractivity contribution is 7.89. The predicted octanol–water partition coefficient (Wildman–Crippen LogP) is 0.448. The van der Waals surface area contributed by atoms with Crippen molar-refractivity contribution in [2.24, 2.45) is 0 Å². The zero-order valence-electron chi connectivity index (χ0n) is 15.4. The molecule has 0 bridgehead atoms. The molecular weight excluding hydrogens is 370 g/mol. The van der Waals surface area contributed by atoms with Gasteiger partial charge in [-0.1, -0.05) is 6.07 Å². The molecule has 8 nitrogen and oxygen atoms in total. The number of amides is 2. The van der Waals surface area contributed by atoms with Crippen LogP contribution in [0.2, 0.25) is 0 Å². The lowest BCUT2D eigenvalue weighted by Gasteiger charge is -2.29. The predicted molar refractivity (Wildman–Crippen MR) is 98.8 cm³/mol. The summed E-state index contributed by atoms with van der Waals surface area (Å²) in [7, 11) is -3.59. The number of benzene rings is 1. The Kier molecular flexibility index (Phi) is 6.13. The van der Waals surface area contributed by atoms with Gasteiger partial charge < -0.3 is 15.0 Å². The topological polar surface area (TPSA) is 96.0 Å². The molecule has 2 aliphatic rings. The number of rotatable bonds is 5. The zero-order valence-corrected chi connectivity index (χ0v) is 16.2. The fourth-order valence-electron chi connectivity index (χ4n) is 3.27. The number of carbonyl (C=O) groups is 2. The molecule has 0 aromatic heterocycles. The van der Waals surface area contributed by atoms with Gasteiger partial charge in [0, 0.05) is 31.7 Å².